The van der Waals surface area contributed by atoms with E-state index in [0.717, 1.165) is 6.92 Å². The molecule has 16 heteroatoms. The van der Waals surface area contributed by atoms with Gasteiger partial charge < -0.3 is 9.84 Å². The molecule has 2 unspecified atom stereocenters. The van der Waals surface area contributed by atoms with Gasteiger partial charge in [-0.05, 0) is 12.8 Å². The van der Waals surface area contributed by atoms with Gasteiger partial charge in [-0.25, -0.2) is 8.78 Å². The third-order valence-corrected chi connectivity index (χ3v) is 4.49. The molecular weight excluding hydrogens is 484 g/mol. The SMILES string of the molecule is CCC(CC(C)C(=O)O)C(=O)OCCC(F)(F)C(F)(F)C(F)(F)C(F)(F)C(F)(F)C(F)F. The van der Waals surface area contributed by atoms with Crippen molar-refractivity contribution in [3.8, 4) is 0 Å². The molecule has 0 aromatic carbocycles. The van der Waals surface area contributed by atoms with E-state index in [1.165, 1.54) is 6.92 Å². The van der Waals surface area contributed by atoms with E-state index >= 15 is 0 Å². The molecule has 0 rings (SSSR count). The maximum atomic E-state index is 13.6. The number of carboxylic acids is 1. The first-order chi connectivity index (χ1) is 14.1. The minimum Gasteiger partial charge on any atom is -0.481 e. The highest BCUT2D eigenvalue weighted by Gasteiger charge is 2.87. The van der Waals surface area contributed by atoms with Gasteiger partial charge >= 0.3 is 48.0 Å². The molecule has 0 saturated carbocycles. The highest BCUT2D eigenvalue weighted by Crippen LogP contribution is 2.58. The lowest BCUT2D eigenvalue weighted by atomic mass is 9.93. The number of aliphatic carboxylic acids is 1. The van der Waals surface area contributed by atoms with Crippen LogP contribution in [-0.2, 0) is 14.3 Å². The van der Waals surface area contributed by atoms with Crippen LogP contribution in [0.1, 0.15) is 33.1 Å². The van der Waals surface area contributed by atoms with E-state index in [2.05, 4.69) is 4.74 Å². The number of halogens is 12. The minimum atomic E-state index is -7.64. The average Bonchev–Trinajstić information content (AvgIpc) is 2.64. The highest BCUT2D eigenvalue weighted by molar-refractivity contribution is 5.74. The van der Waals surface area contributed by atoms with Gasteiger partial charge in [-0.15, -0.1) is 0 Å². The van der Waals surface area contributed by atoms with Crippen LogP contribution in [0.2, 0.25) is 0 Å². The summed E-state index contributed by atoms with van der Waals surface area (Å²) in [6, 6.07) is 0. The number of ether oxygens (including phenoxy) is 1. The Balaban J connectivity index is 5.48. The number of carbonyl (C=O) groups excluding carboxylic acids is 1. The summed E-state index contributed by atoms with van der Waals surface area (Å²) in [4.78, 5) is 22.5. The van der Waals surface area contributed by atoms with Crippen LogP contribution in [0, 0.1) is 11.8 Å². The number of alkyl halides is 12. The van der Waals surface area contributed by atoms with Gasteiger partial charge in [0.05, 0.1) is 24.9 Å². The maximum Gasteiger partial charge on any atom is 0.384 e. The molecule has 0 aromatic rings. The van der Waals surface area contributed by atoms with Crippen molar-refractivity contribution in [3.63, 3.8) is 0 Å². The van der Waals surface area contributed by atoms with Gasteiger partial charge in [-0.2, -0.15) is 43.9 Å². The van der Waals surface area contributed by atoms with Gasteiger partial charge in [0.15, 0.2) is 0 Å². The summed E-state index contributed by atoms with van der Waals surface area (Å²) >= 11 is 0. The summed E-state index contributed by atoms with van der Waals surface area (Å²) in [5.41, 5.74) is 0. The second kappa shape index (κ2) is 9.93. The van der Waals surface area contributed by atoms with Crippen molar-refractivity contribution in [2.75, 3.05) is 6.61 Å². The first-order valence-electron chi connectivity index (χ1n) is 8.68. The maximum absolute atomic E-state index is 13.6. The van der Waals surface area contributed by atoms with E-state index in [9.17, 15) is 62.3 Å². The summed E-state index contributed by atoms with van der Waals surface area (Å²) in [5.74, 6) is -40.9. The van der Waals surface area contributed by atoms with Gasteiger partial charge in [0, 0.05) is 0 Å². The number of esters is 1. The number of carbonyl (C=O) groups is 2. The smallest absolute Gasteiger partial charge is 0.384 e. The fraction of sp³-hybridized carbons (Fsp3) is 0.875. The van der Waals surface area contributed by atoms with Crippen molar-refractivity contribution in [2.24, 2.45) is 11.8 Å². The Labute approximate surface area is 172 Å². The predicted octanol–water partition coefficient (Wildman–Crippen LogP) is 5.50. The Morgan fingerprint density at radius 1 is 0.875 bits per heavy atom. The molecule has 4 nitrogen and oxygen atoms in total. The molecule has 190 valence electrons. The molecule has 0 spiro atoms. The second-order valence-corrected chi connectivity index (χ2v) is 6.85. The molecule has 1 N–H and O–H groups in total. The van der Waals surface area contributed by atoms with Crippen LogP contribution in [0.15, 0.2) is 0 Å². The Morgan fingerprint density at radius 2 is 1.34 bits per heavy atom. The van der Waals surface area contributed by atoms with E-state index in [1.807, 2.05) is 0 Å². The first-order valence-corrected chi connectivity index (χ1v) is 8.68. The van der Waals surface area contributed by atoms with Crippen molar-refractivity contribution >= 4 is 11.9 Å². The topological polar surface area (TPSA) is 63.6 Å². The largest absolute Gasteiger partial charge is 0.481 e. The van der Waals surface area contributed by atoms with E-state index in [0.29, 0.717) is 0 Å². The second-order valence-electron chi connectivity index (χ2n) is 6.85. The lowest BCUT2D eigenvalue weighted by molar-refractivity contribution is -0.413. The average molecular weight is 502 g/mol. The van der Waals surface area contributed by atoms with Crippen LogP contribution in [0.3, 0.4) is 0 Å². The minimum absolute atomic E-state index is 0.115. The van der Waals surface area contributed by atoms with Crippen molar-refractivity contribution in [3.05, 3.63) is 0 Å². The van der Waals surface area contributed by atoms with E-state index in [4.69, 9.17) is 5.11 Å². The third kappa shape index (κ3) is 5.53. The quantitative estimate of drug-likeness (QED) is 0.267. The van der Waals surface area contributed by atoms with E-state index in [-0.39, 0.29) is 12.8 Å². The van der Waals surface area contributed by atoms with Gasteiger partial charge in [-0.1, -0.05) is 13.8 Å². The summed E-state index contributed by atoms with van der Waals surface area (Å²) in [6.45, 7) is 0.700. The van der Waals surface area contributed by atoms with Gasteiger partial charge in [-0.3, -0.25) is 9.59 Å². The molecular formula is C16H18F12O4. The molecule has 0 amide bonds. The molecule has 0 aromatic heterocycles. The Kier molecular flexibility index (Phi) is 9.34. The lowest BCUT2D eigenvalue weighted by Gasteiger charge is -2.39. The normalized spacial score (nSPS) is 16.1. The number of hydrogen-bond donors (Lipinski definition) is 1. The van der Waals surface area contributed by atoms with Crippen LogP contribution in [0.25, 0.3) is 0 Å². The van der Waals surface area contributed by atoms with Crippen LogP contribution in [-0.4, -0.2) is 59.7 Å². The number of carboxylic acid groups (broad SMARTS) is 1. The van der Waals surface area contributed by atoms with Gasteiger partial charge in [0.2, 0.25) is 0 Å². The molecule has 0 saturated heterocycles. The summed E-state index contributed by atoms with van der Waals surface area (Å²) in [7, 11) is 0. The van der Waals surface area contributed by atoms with Crippen molar-refractivity contribution in [1.29, 1.82) is 0 Å². The fourth-order valence-corrected chi connectivity index (χ4v) is 2.28. The summed E-state index contributed by atoms with van der Waals surface area (Å²) in [5, 5.41) is 8.75. The van der Waals surface area contributed by atoms with Crippen LogP contribution in [0.5, 0.6) is 0 Å². The molecule has 0 aliphatic rings. The first kappa shape index (κ1) is 30.1. The fourth-order valence-electron chi connectivity index (χ4n) is 2.28. The molecule has 0 heterocycles. The zero-order valence-electron chi connectivity index (χ0n) is 16.3. The summed E-state index contributed by atoms with van der Waals surface area (Å²) < 4.78 is 161. The monoisotopic (exact) mass is 502 g/mol. The number of rotatable bonds is 13. The Bertz CT molecular complexity index is 665. The van der Waals surface area contributed by atoms with Crippen molar-refractivity contribution in [2.45, 2.75) is 69.1 Å². The number of hydrogen-bond acceptors (Lipinski definition) is 3. The van der Waals surface area contributed by atoms with Gasteiger partial charge in [0.1, 0.15) is 0 Å². The molecule has 0 radical (unpaired) electrons. The zero-order valence-corrected chi connectivity index (χ0v) is 16.3. The van der Waals surface area contributed by atoms with Gasteiger partial charge in [0.25, 0.3) is 0 Å². The van der Waals surface area contributed by atoms with Crippen LogP contribution in [0.4, 0.5) is 52.7 Å². The molecule has 32 heavy (non-hydrogen) atoms. The molecule has 0 fully saturated rings. The Hall–Kier alpha value is -1.90. The van der Waals surface area contributed by atoms with E-state index < -0.39 is 72.8 Å². The van der Waals surface area contributed by atoms with Crippen molar-refractivity contribution < 1.29 is 72.1 Å². The van der Waals surface area contributed by atoms with Crippen LogP contribution < -0.4 is 0 Å². The van der Waals surface area contributed by atoms with Crippen molar-refractivity contribution in [1.82, 2.24) is 0 Å². The molecule has 0 aliphatic heterocycles. The zero-order chi connectivity index (χ0) is 25.9. The summed E-state index contributed by atoms with van der Waals surface area (Å²) in [6.07, 6.45) is -8.66. The third-order valence-electron chi connectivity index (χ3n) is 4.49. The molecule has 0 aliphatic carbocycles. The van der Waals surface area contributed by atoms with E-state index in [1.54, 1.807) is 0 Å². The Morgan fingerprint density at radius 3 is 1.72 bits per heavy atom. The van der Waals surface area contributed by atoms with Crippen LogP contribution >= 0.6 is 0 Å². The molecule has 2 atom stereocenters. The molecule has 0 bridgehead atoms. The highest BCUT2D eigenvalue weighted by atomic mass is 19.4. The predicted molar refractivity (Wildman–Crippen MR) is 81.5 cm³/mol. The lowest BCUT2D eigenvalue weighted by Crippen LogP contribution is -2.68. The standard InChI is InChI=1S/C16H18F12O4/c1-3-8(6-7(2)9(29)30)10(31)32-5-4-12(19,20)14(23,24)16(27,28)15(25,26)13(21,22)11(17)18/h7-8,11H,3-6H2,1-2H3,(H,29,30).